The Bertz CT molecular complexity index is 750. The molecular formula is C17H21N4O2S. The molecule has 2 aliphatic heterocycles. The maximum absolute atomic E-state index is 11.6. The molecule has 6 nitrogen and oxygen atoms in total. The van der Waals surface area contributed by atoms with Crippen LogP contribution in [0, 0.1) is 6.07 Å². The van der Waals surface area contributed by atoms with E-state index < -0.39 is 5.91 Å². The van der Waals surface area contributed by atoms with Gasteiger partial charge in [0.15, 0.2) is 5.13 Å². The average molecular weight is 345 g/mol. The Labute approximate surface area is 145 Å². The number of likely N-dealkylation sites (tertiary alicyclic amines) is 1. The van der Waals surface area contributed by atoms with E-state index in [2.05, 4.69) is 27.9 Å². The number of hydrogen-bond acceptors (Lipinski definition) is 6. The molecule has 0 spiro atoms. The molecule has 24 heavy (non-hydrogen) atoms. The van der Waals surface area contributed by atoms with E-state index in [-0.39, 0.29) is 0 Å². The van der Waals surface area contributed by atoms with E-state index in [1.165, 1.54) is 0 Å². The van der Waals surface area contributed by atoms with Crippen molar-refractivity contribution >= 4 is 32.6 Å². The zero-order valence-electron chi connectivity index (χ0n) is 13.7. The second kappa shape index (κ2) is 6.31. The van der Waals surface area contributed by atoms with Crippen LogP contribution in [-0.4, -0.2) is 61.2 Å². The van der Waals surface area contributed by atoms with Crippen molar-refractivity contribution < 1.29 is 9.53 Å². The number of nitrogens with zero attached hydrogens (tertiary/aromatic N) is 3. The van der Waals surface area contributed by atoms with Crippen molar-refractivity contribution in [2.24, 2.45) is 5.73 Å². The third kappa shape index (κ3) is 2.76. The fourth-order valence-corrected chi connectivity index (χ4v) is 4.46. The van der Waals surface area contributed by atoms with Gasteiger partial charge in [0, 0.05) is 26.2 Å². The summed E-state index contributed by atoms with van der Waals surface area (Å²) in [7, 11) is 2.10. The largest absolute Gasteiger partial charge is 0.378 e. The topological polar surface area (TPSA) is 71.7 Å². The molecular weight excluding hydrogens is 324 g/mol. The van der Waals surface area contributed by atoms with Gasteiger partial charge in [-0.1, -0.05) is 17.4 Å². The van der Waals surface area contributed by atoms with Gasteiger partial charge in [0.2, 0.25) is 0 Å². The van der Waals surface area contributed by atoms with Gasteiger partial charge in [0.25, 0.3) is 5.91 Å². The lowest BCUT2D eigenvalue weighted by molar-refractivity contribution is -0.0711. The molecule has 0 aliphatic carbocycles. The molecule has 0 saturated carbocycles. The zero-order chi connectivity index (χ0) is 16.7. The van der Waals surface area contributed by atoms with Crippen LogP contribution in [0.3, 0.4) is 0 Å². The molecule has 2 N–H and O–H groups in total. The highest BCUT2D eigenvalue weighted by atomic mass is 32.1. The molecule has 2 aromatic rings. The van der Waals surface area contributed by atoms with Gasteiger partial charge in [0.1, 0.15) is 0 Å². The van der Waals surface area contributed by atoms with Crippen LogP contribution in [0.2, 0.25) is 0 Å². The van der Waals surface area contributed by atoms with E-state index in [0.29, 0.717) is 23.2 Å². The third-order valence-electron chi connectivity index (χ3n) is 5.07. The number of benzene rings is 1. The van der Waals surface area contributed by atoms with E-state index in [1.54, 1.807) is 17.4 Å². The van der Waals surface area contributed by atoms with Crippen molar-refractivity contribution in [1.29, 1.82) is 0 Å². The van der Waals surface area contributed by atoms with Gasteiger partial charge < -0.3 is 15.4 Å². The number of piperidine rings is 1. The zero-order valence-corrected chi connectivity index (χ0v) is 14.5. The smallest absolute Gasteiger partial charge is 0.251 e. The summed E-state index contributed by atoms with van der Waals surface area (Å²) in [5.41, 5.74) is 6.48. The number of rotatable bonds is 4. The number of hydrogen-bond donors (Lipinski definition) is 1. The lowest BCUT2D eigenvalue weighted by Crippen LogP contribution is -2.54. The molecule has 0 atom stereocenters. The predicted octanol–water partition coefficient (Wildman–Crippen LogP) is 1.49. The quantitative estimate of drug-likeness (QED) is 0.909. The summed E-state index contributed by atoms with van der Waals surface area (Å²) in [6.45, 7) is 3.97. The first-order valence-electron chi connectivity index (χ1n) is 8.29. The highest BCUT2D eigenvalue weighted by molar-refractivity contribution is 7.22. The molecule has 1 radical (unpaired) electrons. The summed E-state index contributed by atoms with van der Waals surface area (Å²) in [4.78, 5) is 21.0. The first-order chi connectivity index (χ1) is 11.6. The number of carbonyl (C=O) groups excluding carboxylic acids is 1. The Morgan fingerprint density at radius 3 is 2.83 bits per heavy atom. The van der Waals surface area contributed by atoms with Crippen molar-refractivity contribution in [3.05, 3.63) is 23.8 Å². The first-order valence-corrected chi connectivity index (χ1v) is 9.11. The van der Waals surface area contributed by atoms with Gasteiger partial charge in [-0.15, -0.1) is 0 Å². The van der Waals surface area contributed by atoms with Crippen LogP contribution in [0.15, 0.2) is 12.1 Å². The van der Waals surface area contributed by atoms with E-state index in [4.69, 9.17) is 10.5 Å². The molecule has 1 aromatic heterocycles. The fraction of sp³-hybridized carbons (Fsp3) is 0.529. The first kappa shape index (κ1) is 15.8. The van der Waals surface area contributed by atoms with Gasteiger partial charge in [-0.25, -0.2) is 4.98 Å². The van der Waals surface area contributed by atoms with Gasteiger partial charge in [0.05, 0.1) is 35.0 Å². The number of thiazole rings is 1. The second-order valence-corrected chi connectivity index (χ2v) is 7.50. The Morgan fingerprint density at radius 1 is 1.46 bits per heavy atom. The number of ether oxygens (including phenoxy) is 1. The van der Waals surface area contributed by atoms with E-state index >= 15 is 0 Å². The predicted molar refractivity (Wildman–Crippen MR) is 94.6 cm³/mol. The van der Waals surface area contributed by atoms with Crippen molar-refractivity contribution in [3.63, 3.8) is 0 Å². The maximum Gasteiger partial charge on any atom is 0.251 e. The standard InChI is InChI=1S/C17H21N4O2S/c1-20(11-5-7-21(8-6-11)12-9-23-10-12)17-19-15-13(16(18)22)3-2-4-14(15)24-17/h2,4,11-12H,5-10H2,1H3,(H2,18,22). The van der Waals surface area contributed by atoms with Crippen LogP contribution in [-0.2, 0) is 4.74 Å². The molecule has 0 unspecified atom stereocenters. The number of primary amides is 1. The van der Waals surface area contributed by atoms with Gasteiger partial charge in [-0.2, -0.15) is 0 Å². The molecule has 127 valence electrons. The van der Waals surface area contributed by atoms with Crippen LogP contribution < -0.4 is 10.6 Å². The molecule has 7 heteroatoms. The minimum atomic E-state index is -0.476. The van der Waals surface area contributed by atoms with E-state index in [9.17, 15) is 4.79 Å². The Balaban J connectivity index is 1.50. The van der Waals surface area contributed by atoms with Gasteiger partial charge in [-0.3, -0.25) is 9.69 Å². The third-order valence-corrected chi connectivity index (χ3v) is 6.18. The molecule has 4 rings (SSSR count). The van der Waals surface area contributed by atoms with Gasteiger partial charge in [-0.05, 0) is 25.0 Å². The lowest BCUT2D eigenvalue weighted by Gasteiger charge is -2.43. The highest BCUT2D eigenvalue weighted by Gasteiger charge is 2.31. The molecule has 2 aliphatic rings. The number of aromatic nitrogens is 1. The molecule has 3 heterocycles. The van der Waals surface area contributed by atoms with Crippen LogP contribution in [0.1, 0.15) is 23.2 Å². The summed E-state index contributed by atoms with van der Waals surface area (Å²) in [6.07, 6.45) is 2.25. The van der Waals surface area contributed by atoms with Crippen molar-refractivity contribution in [3.8, 4) is 0 Å². The summed E-state index contributed by atoms with van der Waals surface area (Å²) >= 11 is 1.61. The van der Waals surface area contributed by atoms with E-state index in [0.717, 1.165) is 49.0 Å². The Morgan fingerprint density at radius 2 is 2.21 bits per heavy atom. The number of anilines is 1. The summed E-state index contributed by atoms with van der Waals surface area (Å²) in [5.74, 6) is -0.476. The normalized spacial score (nSPS) is 20.2. The van der Waals surface area contributed by atoms with Crippen molar-refractivity contribution in [1.82, 2.24) is 9.88 Å². The van der Waals surface area contributed by atoms with Crippen LogP contribution in [0.5, 0.6) is 0 Å². The molecule has 0 bridgehead atoms. The Kier molecular flexibility index (Phi) is 4.15. The summed E-state index contributed by atoms with van der Waals surface area (Å²) in [6, 6.07) is 7.68. The molecule has 1 aromatic carbocycles. The van der Waals surface area contributed by atoms with Crippen LogP contribution >= 0.6 is 11.3 Å². The van der Waals surface area contributed by atoms with Crippen LogP contribution in [0.25, 0.3) is 10.2 Å². The minimum absolute atomic E-state index is 0.378. The van der Waals surface area contributed by atoms with Crippen molar-refractivity contribution in [2.75, 3.05) is 38.3 Å². The second-order valence-electron chi connectivity index (χ2n) is 6.50. The van der Waals surface area contributed by atoms with Crippen molar-refractivity contribution in [2.45, 2.75) is 24.9 Å². The fourth-order valence-electron chi connectivity index (χ4n) is 3.45. The monoisotopic (exact) mass is 345 g/mol. The molecule has 2 saturated heterocycles. The van der Waals surface area contributed by atoms with E-state index in [1.807, 2.05) is 6.07 Å². The average Bonchev–Trinajstić information content (AvgIpc) is 2.97. The number of amides is 1. The molecule has 1 amide bonds. The van der Waals surface area contributed by atoms with Gasteiger partial charge >= 0.3 is 0 Å². The summed E-state index contributed by atoms with van der Waals surface area (Å²) in [5, 5.41) is 0.942. The molecule has 2 fully saturated rings. The van der Waals surface area contributed by atoms with Crippen LogP contribution in [0.4, 0.5) is 5.13 Å². The lowest BCUT2D eigenvalue weighted by atomic mass is 10.0. The Hall–Kier alpha value is -1.70. The number of fused-ring (bicyclic) bond motifs is 1. The SMILES string of the molecule is CN(c1nc2c(C(N)=O)[c]ccc2s1)C1CCN(C2COC2)CC1. The maximum atomic E-state index is 11.6. The summed E-state index contributed by atoms with van der Waals surface area (Å²) < 4.78 is 6.27. The highest BCUT2D eigenvalue weighted by Crippen LogP contribution is 2.32. The number of nitrogens with two attached hydrogens (primary N) is 1. The minimum Gasteiger partial charge on any atom is -0.378 e. The number of carbonyl (C=O) groups is 1.